The fraction of sp³-hybridized carbons (Fsp3) is 0.120. The average molecular weight is 637 g/mol. The van der Waals surface area contributed by atoms with Crippen LogP contribution in [0.1, 0.15) is 5.56 Å². The predicted molar refractivity (Wildman–Crippen MR) is 146 cm³/mol. The quantitative estimate of drug-likeness (QED) is 0.228. The highest BCUT2D eigenvalue weighted by Crippen LogP contribution is 2.41. The number of halogens is 3. The molecule has 3 aromatic carbocycles. The predicted octanol–water partition coefficient (Wildman–Crippen LogP) is 6.73. The highest BCUT2D eigenvalue weighted by atomic mass is 79.9. The molecular weight excluding hydrogens is 617 g/mol. The number of benzene rings is 3. The molecule has 0 radical (unpaired) electrons. The topological polar surface area (TPSA) is 77.6 Å². The van der Waals surface area contributed by atoms with E-state index in [1.807, 2.05) is 17.5 Å². The molecule has 0 amide bonds. The van der Waals surface area contributed by atoms with Gasteiger partial charge in [0.15, 0.2) is 11.5 Å². The summed E-state index contributed by atoms with van der Waals surface area (Å²) in [4.78, 5) is 5.22. The maximum atomic E-state index is 13.4. The third kappa shape index (κ3) is 5.48. The van der Waals surface area contributed by atoms with E-state index in [9.17, 15) is 9.50 Å². The highest BCUT2D eigenvalue weighted by Gasteiger charge is 2.17. The first-order valence-electron chi connectivity index (χ1n) is 10.4. The fourth-order valence-corrected chi connectivity index (χ4v) is 5.40. The number of phenolic OH excluding ortho intramolecular Hbond substituents is 1. The Morgan fingerprint density at radius 3 is 2.11 bits per heavy atom. The van der Waals surface area contributed by atoms with Crippen molar-refractivity contribution in [1.29, 1.82) is 0 Å². The van der Waals surface area contributed by atoms with Crippen molar-refractivity contribution in [2.24, 2.45) is 10.1 Å². The lowest BCUT2D eigenvalue weighted by molar-refractivity contribution is 0.324. The van der Waals surface area contributed by atoms with Gasteiger partial charge in [0.05, 0.1) is 47.9 Å². The molecule has 0 aliphatic rings. The molecular formula is C25H20Br2FN3O4S. The number of phenols is 1. The highest BCUT2D eigenvalue weighted by molar-refractivity contribution is 9.11. The van der Waals surface area contributed by atoms with E-state index in [1.165, 1.54) is 23.5 Å². The molecule has 0 unspecified atom stereocenters. The molecule has 1 aromatic heterocycles. The van der Waals surface area contributed by atoms with Crippen LogP contribution < -0.4 is 19.0 Å². The van der Waals surface area contributed by atoms with Crippen LogP contribution in [0.3, 0.4) is 0 Å². The van der Waals surface area contributed by atoms with E-state index in [-0.39, 0.29) is 11.6 Å². The van der Waals surface area contributed by atoms with Crippen molar-refractivity contribution in [2.45, 2.75) is 0 Å². The number of hydrogen-bond donors (Lipinski definition) is 1. The lowest BCUT2D eigenvalue weighted by atomic mass is 10.1. The Kier molecular flexibility index (Phi) is 8.12. The summed E-state index contributed by atoms with van der Waals surface area (Å²) in [5.41, 5.74) is 2.78. The first kappa shape index (κ1) is 25.9. The average Bonchev–Trinajstić information content (AvgIpc) is 3.28. The van der Waals surface area contributed by atoms with E-state index in [4.69, 9.17) is 19.3 Å². The lowest BCUT2D eigenvalue weighted by Crippen LogP contribution is -2.11. The molecule has 4 aromatic rings. The van der Waals surface area contributed by atoms with Gasteiger partial charge >= 0.3 is 0 Å². The summed E-state index contributed by atoms with van der Waals surface area (Å²) in [6, 6.07) is 13.0. The van der Waals surface area contributed by atoms with Gasteiger partial charge in [-0.2, -0.15) is 5.10 Å². The summed E-state index contributed by atoms with van der Waals surface area (Å²) in [5.74, 6) is 1.23. The number of aromatic hydroxyl groups is 1. The molecule has 0 aliphatic carbocycles. The SMILES string of the molecule is COc1cc(-c2csc(=Nc3ccc(F)cc3)n2N=Cc2cc(Br)c(O)c(Br)c2)cc(OC)c1OC. The van der Waals surface area contributed by atoms with Crippen LogP contribution in [0.4, 0.5) is 10.1 Å². The summed E-state index contributed by atoms with van der Waals surface area (Å²) in [7, 11) is 4.65. The third-order valence-electron chi connectivity index (χ3n) is 5.06. The van der Waals surface area contributed by atoms with Crippen molar-refractivity contribution in [3.8, 4) is 34.3 Å². The summed E-state index contributed by atoms with van der Waals surface area (Å²) >= 11 is 8.05. The number of methoxy groups -OCH3 is 3. The molecule has 0 fully saturated rings. The van der Waals surface area contributed by atoms with Crippen LogP contribution in [0.25, 0.3) is 11.3 Å². The monoisotopic (exact) mass is 635 g/mol. The fourth-order valence-electron chi connectivity index (χ4n) is 3.33. The number of aromatic nitrogens is 1. The molecule has 1 N–H and O–H groups in total. The zero-order valence-electron chi connectivity index (χ0n) is 19.3. The number of rotatable bonds is 7. The van der Waals surface area contributed by atoms with Crippen molar-refractivity contribution in [1.82, 2.24) is 4.68 Å². The molecule has 36 heavy (non-hydrogen) atoms. The molecule has 0 saturated carbocycles. The van der Waals surface area contributed by atoms with Crippen LogP contribution in [0.15, 0.2) is 73.0 Å². The summed E-state index contributed by atoms with van der Waals surface area (Å²) in [6.07, 6.45) is 1.65. The van der Waals surface area contributed by atoms with Crippen molar-refractivity contribution in [3.05, 3.63) is 79.0 Å². The minimum absolute atomic E-state index is 0.0976. The molecule has 1 heterocycles. The molecule has 11 heteroatoms. The minimum Gasteiger partial charge on any atom is -0.506 e. The number of thiazole rings is 1. The van der Waals surface area contributed by atoms with Gasteiger partial charge in [-0.05, 0) is 86.0 Å². The van der Waals surface area contributed by atoms with Gasteiger partial charge in [-0.3, -0.25) is 0 Å². The second-order valence-electron chi connectivity index (χ2n) is 7.30. The van der Waals surface area contributed by atoms with Crippen LogP contribution in [-0.4, -0.2) is 37.3 Å². The first-order valence-corrected chi connectivity index (χ1v) is 12.8. The molecule has 0 bridgehead atoms. The van der Waals surface area contributed by atoms with Crippen molar-refractivity contribution < 1.29 is 23.7 Å². The zero-order chi connectivity index (χ0) is 25.8. The molecule has 0 spiro atoms. The van der Waals surface area contributed by atoms with E-state index >= 15 is 0 Å². The van der Waals surface area contributed by atoms with Crippen molar-refractivity contribution >= 4 is 55.1 Å². The normalized spacial score (nSPS) is 11.8. The van der Waals surface area contributed by atoms with Gasteiger partial charge in [0.2, 0.25) is 10.6 Å². The maximum absolute atomic E-state index is 13.4. The second-order valence-corrected chi connectivity index (χ2v) is 9.84. The maximum Gasteiger partial charge on any atom is 0.211 e. The Hall–Kier alpha value is -3.15. The van der Waals surface area contributed by atoms with E-state index < -0.39 is 0 Å². The Bertz CT molecular complexity index is 1450. The van der Waals surface area contributed by atoms with E-state index in [0.717, 1.165) is 11.1 Å². The van der Waals surface area contributed by atoms with Crippen LogP contribution >= 0.6 is 43.2 Å². The Labute approximate surface area is 227 Å². The molecule has 0 saturated heterocycles. The first-order chi connectivity index (χ1) is 17.3. The molecule has 4 rings (SSSR count). The number of nitrogens with zero attached hydrogens (tertiary/aromatic N) is 3. The van der Waals surface area contributed by atoms with Crippen molar-refractivity contribution in [2.75, 3.05) is 21.3 Å². The lowest BCUT2D eigenvalue weighted by Gasteiger charge is -2.14. The minimum atomic E-state index is -0.340. The molecule has 186 valence electrons. The second kappa shape index (κ2) is 11.3. The Balaban J connectivity index is 1.91. The Morgan fingerprint density at radius 1 is 0.944 bits per heavy atom. The van der Waals surface area contributed by atoms with Crippen LogP contribution in [0, 0.1) is 5.82 Å². The Morgan fingerprint density at radius 2 is 1.56 bits per heavy atom. The molecule has 0 atom stereocenters. The third-order valence-corrected chi connectivity index (χ3v) is 7.08. The number of hydrogen-bond acceptors (Lipinski definition) is 7. The summed E-state index contributed by atoms with van der Waals surface area (Å²) in [5, 5.41) is 16.6. The summed E-state index contributed by atoms with van der Waals surface area (Å²) < 4.78 is 32.6. The van der Waals surface area contributed by atoms with E-state index in [1.54, 1.807) is 56.5 Å². The van der Waals surface area contributed by atoms with Gasteiger partial charge in [0.25, 0.3) is 0 Å². The molecule has 7 nitrogen and oxygen atoms in total. The van der Waals surface area contributed by atoms with E-state index in [2.05, 4.69) is 36.9 Å². The smallest absolute Gasteiger partial charge is 0.211 e. The summed E-state index contributed by atoms with van der Waals surface area (Å²) in [6.45, 7) is 0. The van der Waals surface area contributed by atoms with E-state index in [0.29, 0.717) is 42.4 Å². The standard InChI is InChI=1S/C25H20Br2FN3O4S/c1-33-21-10-15(11-22(34-2)24(21)35-3)20-13-36-25(30-17-6-4-16(28)5-7-17)31(20)29-12-14-8-18(26)23(32)19(27)9-14/h4-13,32H,1-3H3. The van der Waals surface area contributed by atoms with Gasteiger partial charge in [-0.25, -0.2) is 14.1 Å². The van der Waals surface area contributed by atoms with Crippen LogP contribution in [0.5, 0.6) is 23.0 Å². The zero-order valence-corrected chi connectivity index (χ0v) is 23.3. The van der Waals surface area contributed by atoms with Crippen LogP contribution in [0.2, 0.25) is 0 Å². The molecule has 0 aliphatic heterocycles. The van der Waals surface area contributed by atoms with Gasteiger partial charge in [-0.1, -0.05) is 0 Å². The van der Waals surface area contributed by atoms with Crippen molar-refractivity contribution in [3.63, 3.8) is 0 Å². The van der Waals surface area contributed by atoms with Gasteiger partial charge in [-0.15, -0.1) is 11.3 Å². The number of ether oxygens (including phenoxy) is 3. The van der Waals surface area contributed by atoms with Gasteiger partial charge in [0.1, 0.15) is 11.6 Å². The van der Waals surface area contributed by atoms with Gasteiger partial charge in [0, 0.05) is 10.9 Å². The van der Waals surface area contributed by atoms with Crippen LogP contribution in [-0.2, 0) is 0 Å². The van der Waals surface area contributed by atoms with Gasteiger partial charge < -0.3 is 19.3 Å². The largest absolute Gasteiger partial charge is 0.506 e.